The Morgan fingerprint density at radius 3 is 2.53 bits per heavy atom. The van der Waals surface area contributed by atoms with Crippen molar-refractivity contribution in [2.75, 3.05) is 6.54 Å². The summed E-state index contributed by atoms with van der Waals surface area (Å²) in [6.45, 7) is 3.17. The quantitative estimate of drug-likeness (QED) is 0.335. The maximum atomic E-state index is 11.2. The van der Waals surface area contributed by atoms with Gasteiger partial charge < -0.3 is 24.4 Å². The van der Waals surface area contributed by atoms with Gasteiger partial charge >= 0.3 is 12.1 Å². The minimum Gasteiger partial charge on any atom is -0.425 e. The molecule has 0 bridgehead atoms. The highest BCUT2D eigenvalue weighted by Crippen LogP contribution is 2.00. The van der Waals surface area contributed by atoms with Crippen LogP contribution in [-0.2, 0) is 25.3 Å². The molecule has 112 valence electrons. The van der Waals surface area contributed by atoms with Crippen molar-refractivity contribution in [2.45, 2.75) is 44.8 Å². The van der Waals surface area contributed by atoms with E-state index in [1.54, 1.807) is 0 Å². The monoisotopic (exact) mass is 297 g/mol. The number of carbonyl (C=O) groups is 2. The van der Waals surface area contributed by atoms with Crippen molar-refractivity contribution < 1.29 is 32.9 Å². The molecule has 0 rings (SSSR count). The lowest BCUT2D eigenvalue weighted by molar-refractivity contribution is -0.164. The molecule has 0 spiro atoms. The number of amides is 1. The van der Waals surface area contributed by atoms with Gasteiger partial charge in [-0.1, -0.05) is 6.92 Å². The molecule has 3 N–H and O–H groups in total. The Labute approximate surface area is 113 Å². The van der Waals surface area contributed by atoms with Crippen LogP contribution in [0, 0.1) is 0 Å². The van der Waals surface area contributed by atoms with E-state index in [9.17, 15) is 13.8 Å². The molecule has 0 aromatic heterocycles. The van der Waals surface area contributed by atoms with Crippen molar-refractivity contribution in [3.8, 4) is 0 Å². The van der Waals surface area contributed by atoms with Gasteiger partial charge in [-0.25, -0.2) is 9.00 Å². The zero-order valence-corrected chi connectivity index (χ0v) is 11.6. The molecule has 0 aromatic carbocycles. The summed E-state index contributed by atoms with van der Waals surface area (Å²) in [5.74, 6) is -0.464. The van der Waals surface area contributed by atoms with E-state index in [-0.39, 0.29) is 19.4 Å². The molecule has 0 saturated carbocycles. The highest BCUT2D eigenvalue weighted by atomic mass is 32.2. The molecule has 0 aromatic rings. The van der Waals surface area contributed by atoms with E-state index in [0.717, 1.165) is 0 Å². The highest BCUT2D eigenvalue weighted by molar-refractivity contribution is 7.79. The highest BCUT2D eigenvalue weighted by Gasteiger charge is 2.14. The van der Waals surface area contributed by atoms with Gasteiger partial charge in [-0.3, -0.25) is 4.79 Å². The third-order valence-electron chi connectivity index (χ3n) is 1.92. The maximum absolute atomic E-state index is 11.2. The lowest BCUT2D eigenvalue weighted by atomic mass is 10.3. The van der Waals surface area contributed by atoms with Gasteiger partial charge in [-0.15, -0.1) is 0 Å². The average molecular weight is 297 g/mol. The van der Waals surface area contributed by atoms with Gasteiger partial charge in [-0.2, -0.15) is 0 Å². The molecule has 9 heteroatoms. The second-order valence-electron chi connectivity index (χ2n) is 3.66. The molecule has 0 saturated heterocycles. The molecular weight excluding hydrogens is 278 g/mol. The second kappa shape index (κ2) is 9.70. The summed E-state index contributed by atoms with van der Waals surface area (Å²) < 4.78 is 28.4. The van der Waals surface area contributed by atoms with Crippen molar-refractivity contribution in [3.05, 3.63) is 0 Å². The first kappa shape index (κ1) is 17.8. The number of aliphatic hydroxyl groups excluding tert-OH is 1. The fraction of sp³-hybridized carbons (Fsp3) is 0.800. The van der Waals surface area contributed by atoms with Gasteiger partial charge in [0.1, 0.15) is 0 Å². The van der Waals surface area contributed by atoms with Gasteiger partial charge in [0.15, 0.2) is 16.5 Å². The van der Waals surface area contributed by atoms with Crippen LogP contribution < -0.4 is 5.32 Å². The Morgan fingerprint density at radius 1 is 1.37 bits per heavy atom. The van der Waals surface area contributed by atoms with E-state index in [2.05, 4.69) is 5.32 Å². The number of hydrogen-bond donors (Lipinski definition) is 3. The SMILES string of the molecule is CCCC(=O)OC(C)OC(=O)NCCC(O)S(=O)O. The van der Waals surface area contributed by atoms with Crippen LogP contribution in [0.2, 0.25) is 0 Å². The zero-order valence-electron chi connectivity index (χ0n) is 10.8. The Balaban J connectivity index is 3.79. The summed E-state index contributed by atoms with van der Waals surface area (Å²) in [6.07, 6.45) is -1.08. The summed E-state index contributed by atoms with van der Waals surface area (Å²) >= 11 is -2.35. The number of carbonyl (C=O) groups excluding carboxylic acids is 2. The molecular formula is C10H19NO7S. The minimum absolute atomic E-state index is 0.0398. The Morgan fingerprint density at radius 2 is 2.00 bits per heavy atom. The van der Waals surface area contributed by atoms with Crippen LogP contribution in [0.4, 0.5) is 4.79 Å². The summed E-state index contributed by atoms with van der Waals surface area (Å²) in [7, 11) is 0. The fourth-order valence-electron chi connectivity index (χ4n) is 1.06. The lowest BCUT2D eigenvalue weighted by Crippen LogP contribution is -2.32. The predicted molar refractivity (Wildman–Crippen MR) is 66.3 cm³/mol. The minimum atomic E-state index is -2.35. The number of rotatable bonds is 8. The van der Waals surface area contributed by atoms with Crippen LogP contribution in [0.25, 0.3) is 0 Å². The summed E-state index contributed by atoms with van der Waals surface area (Å²) in [5, 5.41) is 11.2. The number of ether oxygens (including phenoxy) is 2. The number of esters is 1. The first-order valence-corrected chi connectivity index (χ1v) is 6.95. The zero-order chi connectivity index (χ0) is 14.8. The fourth-order valence-corrected chi connectivity index (χ4v) is 1.38. The van der Waals surface area contributed by atoms with Crippen molar-refractivity contribution in [2.24, 2.45) is 0 Å². The molecule has 8 nitrogen and oxygen atoms in total. The molecule has 0 radical (unpaired) electrons. The smallest absolute Gasteiger partial charge is 0.410 e. The number of nitrogens with one attached hydrogen (secondary N) is 1. The van der Waals surface area contributed by atoms with Crippen LogP contribution in [0.5, 0.6) is 0 Å². The van der Waals surface area contributed by atoms with E-state index in [4.69, 9.17) is 19.1 Å². The van der Waals surface area contributed by atoms with Crippen LogP contribution >= 0.6 is 0 Å². The summed E-state index contributed by atoms with van der Waals surface area (Å²) in [5.41, 5.74) is -1.43. The van der Waals surface area contributed by atoms with Gasteiger partial charge in [0.05, 0.1) is 0 Å². The summed E-state index contributed by atoms with van der Waals surface area (Å²) in [6, 6.07) is 0. The van der Waals surface area contributed by atoms with Gasteiger partial charge in [-0.05, 0) is 6.42 Å². The van der Waals surface area contributed by atoms with E-state index in [0.29, 0.717) is 6.42 Å². The Hall–Kier alpha value is -1.19. The Kier molecular flexibility index (Phi) is 9.09. The summed E-state index contributed by atoms with van der Waals surface area (Å²) in [4.78, 5) is 22.3. The molecule has 3 unspecified atom stereocenters. The normalized spacial score (nSPS) is 15.2. The standard InChI is InChI=1S/C10H19NO7S/c1-3-4-8(12)17-7(2)18-10(14)11-6-5-9(13)19(15)16/h7,9,13H,3-6H2,1-2H3,(H,11,14)(H,15,16). The average Bonchev–Trinajstić information content (AvgIpc) is 2.28. The molecule has 3 atom stereocenters. The van der Waals surface area contributed by atoms with E-state index < -0.39 is 34.9 Å². The largest absolute Gasteiger partial charge is 0.425 e. The van der Waals surface area contributed by atoms with Crippen LogP contribution in [0.15, 0.2) is 0 Å². The van der Waals surface area contributed by atoms with Crippen molar-refractivity contribution >= 4 is 23.1 Å². The van der Waals surface area contributed by atoms with Crippen LogP contribution in [0.1, 0.15) is 33.1 Å². The van der Waals surface area contributed by atoms with Crippen molar-refractivity contribution in [3.63, 3.8) is 0 Å². The van der Waals surface area contributed by atoms with Crippen LogP contribution in [0.3, 0.4) is 0 Å². The van der Waals surface area contributed by atoms with Gasteiger partial charge in [0, 0.05) is 26.3 Å². The number of alkyl carbamates (subject to hydrolysis) is 1. The molecule has 1 amide bonds. The van der Waals surface area contributed by atoms with E-state index in [1.165, 1.54) is 6.92 Å². The molecule has 0 aliphatic carbocycles. The molecule has 0 aliphatic rings. The van der Waals surface area contributed by atoms with Crippen molar-refractivity contribution in [1.29, 1.82) is 0 Å². The van der Waals surface area contributed by atoms with Crippen LogP contribution in [-0.4, -0.2) is 44.2 Å². The van der Waals surface area contributed by atoms with Gasteiger partial charge in [0.25, 0.3) is 0 Å². The topological polar surface area (TPSA) is 122 Å². The third-order valence-corrected chi connectivity index (χ3v) is 2.62. The molecule has 0 aliphatic heterocycles. The third kappa shape index (κ3) is 9.40. The van der Waals surface area contributed by atoms with E-state index >= 15 is 0 Å². The van der Waals surface area contributed by atoms with Gasteiger partial charge in [0.2, 0.25) is 6.29 Å². The Bertz CT molecular complexity index is 323. The molecule has 0 fully saturated rings. The first-order chi connectivity index (χ1) is 8.86. The predicted octanol–water partition coefficient (Wildman–Crippen LogP) is 0.332. The molecule has 19 heavy (non-hydrogen) atoms. The first-order valence-electron chi connectivity index (χ1n) is 5.78. The lowest BCUT2D eigenvalue weighted by Gasteiger charge is -2.14. The second-order valence-corrected chi connectivity index (χ2v) is 4.76. The van der Waals surface area contributed by atoms with Crippen molar-refractivity contribution in [1.82, 2.24) is 5.32 Å². The maximum Gasteiger partial charge on any atom is 0.410 e. The number of aliphatic hydroxyl groups is 1. The van der Waals surface area contributed by atoms with E-state index in [1.807, 2.05) is 6.92 Å². The number of hydrogen-bond acceptors (Lipinski definition) is 6. The molecule has 0 heterocycles.